The first-order valence-corrected chi connectivity index (χ1v) is 4.76. The Morgan fingerprint density at radius 2 is 2.12 bits per heavy atom. The second kappa shape index (κ2) is 3.77. The molecule has 0 aliphatic rings. The molecular weight excluding hydrogens is 208 g/mol. The molecule has 0 amide bonds. The highest BCUT2D eigenvalue weighted by Gasteiger charge is 2.21. The topological polar surface area (TPSA) is 69.2 Å². The summed E-state index contributed by atoms with van der Waals surface area (Å²) in [4.78, 5) is 14.5. The fourth-order valence-corrected chi connectivity index (χ4v) is 1.55. The van der Waals surface area contributed by atoms with E-state index in [1.165, 1.54) is 0 Å². The maximum Gasteiger partial charge on any atom is 0.284 e. The lowest BCUT2D eigenvalue weighted by Gasteiger charge is -2.01. The van der Waals surface area contributed by atoms with Gasteiger partial charge in [-0.15, -0.1) is 0 Å². The third kappa shape index (κ3) is 1.67. The van der Waals surface area contributed by atoms with Gasteiger partial charge < -0.3 is 4.42 Å². The van der Waals surface area contributed by atoms with Gasteiger partial charge in [0.1, 0.15) is 11.3 Å². The third-order valence-electron chi connectivity index (χ3n) is 2.27. The number of para-hydroxylation sites is 1. The molecule has 0 atom stereocenters. The molecule has 0 saturated carbocycles. The summed E-state index contributed by atoms with van der Waals surface area (Å²) in [6.07, 6.45) is 1.54. The van der Waals surface area contributed by atoms with Crippen LogP contribution in [0.2, 0.25) is 0 Å². The summed E-state index contributed by atoms with van der Waals surface area (Å²) in [5, 5.41) is 11.0. The Bertz CT molecular complexity index is 546. The van der Waals surface area contributed by atoms with Gasteiger partial charge in [0.15, 0.2) is 0 Å². The van der Waals surface area contributed by atoms with Crippen molar-refractivity contribution in [2.24, 2.45) is 0 Å². The van der Waals surface area contributed by atoms with Gasteiger partial charge in [-0.1, -0.05) is 12.1 Å². The van der Waals surface area contributed by atoms with Gasteiger partial charge in [0, 0.05) is 5.56 Å². The van der Waals surface area contributed by atoms with Crippen molar-refractivity contribution in [1.82, 2.24) is 4.98 Å². The molecule has 0 radical (unpaired) electrons. The van der Waals surface area contributed by atoms with Crippen molar-refractivity contribution in [2.75, 3.05) is 0 Å². The van der Waals surface area contributed by atoms with Crippen LogP contribution in [-0.4, -0.2) is 9.91 Å². The van der Waals surface area contributed by atoms with Gasteiger partial charge >= 0.3 is 0 Å². The molecular formula is C11H10N2O3. The molecule has 5 heteroatoms. The minimum Gasteiger partial charge on any atom is -0.441 e. The molecule has 0 fully saturated rings. The first-order chi connectivity index (χ1) is 7.59. The minimum absolute atomic E-state index is 0.0457. The van der Waals surface area contributed by atoms with E-state index in [4.69, 9.17) is 4.42 Å². The van der Waals surface area contributed by atoms with Crippen LogP contribution >= 0.6 is 0 Å². The summed E-state index contributed by atoms with van der Waals surface area (Å²) in [5.74, 6) is 0.915. The number of nitro groups is 1. The lowest BCUT2D eigenvalue weighted by Crippen LogP contribution is -1.94. The molecule has 2 aromatic rings. The van der Waals surface area contributed by atoms with E-state index >= 15 is 0 Å². The first-order valence-electron chi connectivity index (χ1n) is 4.76. The fraction of sp³-hybridized carbons (Fsp3) is 0.182. The van der Waals surface area contributed by atoms with E-state index in [1.807, 2.05) is 0 Å². The quantitative estimate of drug-likeness (QED) is 0.574. The van der Waals surface area contributed by atoms with Crippen LogP contribution in [0.5, 0.6) is 0 Å². The van der Waals surface area contributed by atoms with Crippen LogP contribution in [0, 0.1) is 24.0 Å². The largest absolute Gasteiger partial charge is 0.441 e. The van der Waals surface area contributed by atoms with Gasteiger partial charge in [-0.05, 0) is 19.9 Å². The van der Waals surface area contributed by atoms with Crippen molar-refractivity contribution < 1.29 is 9.34 Å². The monoisotopic (exact) mass is 218 g/mol. The number of nitrogens with zero attached hydrogens (tertiary/aromatic N) is 2. The maximum atomic E-state index is 11.0. The number of aromatic nitrogens is 1. The number of nitro benzene ring substituents is 1. The molecule has 0 aliphatic carbocycles. The summed E-state index contributed by atoms with van der Waals surface area (Å²) < 4.78 is 5.30. The molecule has 0 unspecified atom stereocenters. The molecule has 1 aromatic carbocycles. The molecule has 2 rings (SSSR count). The van der Waals surface area contributed by atoms with Gasteiger partial charge in [0.05, 0.1) is 11.1 Å². The highest BCUT2D eigenvalue weighted by molar-refractivity contribution is 5.69. The first kappa shape index (κ1) is 10.4. The van der Waals surface area contributed by atoms with E-state index in [0.29, 0.717) is 16.9 Å². The summed E-state index contributed by atoms with van der Waals surface area (Å²) >= 11 is 0. The highest BCUT2D eigenvalue weighted by Crippen LogP contribution is 2.31. The predicted octanol–water partition coefficient (Wildman–Crippen LogP) is 2.87. The van der Waals surface area contributed by atoms with Crippen LogP contribution in [0.25, 0.3) is 11.5 Å². The van der Waals surface area contributed by atoms with Crippen molar-refractivity contribution in [1.29, 1.82) is 0 Å². The average Bonchev–Trinajstić information content (AvgIpc) is 2.63. The third-order valence-corrected chi connectivity index (χ3v) is 2.27. The zero-order valence-corrected chi connectivity index (χ0v) is 8.93. The lowest BCUT2D eigenvalue weighted by molar-refractivity contribution is -0.384. The normalized spacial score (nSPS) is 10.4. The molecule has 0 aliphatic heterocycles. The van der Waals surface area contributed by atoms with Gasteiger partial charge in [-0.3, -0.25) is 10.1 Å². The van der Waals surface area contributed by atoms with Crippen molar-refractivity contribution in [2.45, 2.75) is 13.8 Å². The zero-order chi connectivity index (χ0) is 11.7. The van der Waals surface area contributed by atoms with E-state index in [0.717, 1.165) is 0 Å². The summed E-state index contributed by atoms with van der Waals surface area (Å²) in [6, 6.07) is 5.07. The number of oxazole rings is 1. The molecule has 0 spiro atoms. The van der Waals surface area contributed by atoms with Crippen LogP contribution in [-0.2, 0) is 0 Å². The van der Waals surface area contributed by atoms with Crippen LogP contribution in [0.3, 0.4) is 0 Å². The van der Waals surface area contributed by atoms with Crippen molar-refractivity contribution in [3.05, 3.63) is 45.8 Å². The Hall–Kier alpha value is -2.17. The predicted molar refractivity (Wildman–Crippen MR) is 58.1 cm³/mol. The van der Waals surface area contributed by atoms with E-state index in [9.17, 15) is 10.1 Å². The molecule has 82 valence electrons. The van der Waals surface area contributed by atoms with Gasteiger partial charge in [0.25, 0.3) is 5.69 Å². The minimum atomic E-state index is -0.413. The Labute approximate surface area is 91.9 Å². The molecule has 1 aromatic heterocycles. The summed E-state index contributed by atoms with van der Waals surface area (Å²) in [5.41, 5.74) is 1.06. The van der Waals surface area contributed by atoms with Gasteiger partial charge in [0.2, 0.25) is 5.89 Å². The Kier molecular flexibility index (Phi) is 2.44. The molecule has 1 heterocycles. The van der Waals surface area contributed by atoms with Crippen LogP contribution in [0.4, 0.5) is 5.69 Å². The Morgan fingerprint density at radius 1 is 1.38 bits per heavy atom. The van der Waals surface area contributed by atoms with Crippen molar-refractivity contribution >= 4 is 5.69 Å². The number of aryl methyl sites for hydroxylation is 2. The van der Waals surface area contributed by atoms with E-state index in [2.05, 4.69) is 4.98 Å². The molecule has 5 nitrogen and oxygen atoms in total. The number of hydrogen-bond donors (Lipinski definition) is 0. The highest BCUT2D eigenvalue weighted by atomic mass is 16.6. The fourth-order valence-electron chi connectivity index (χ4n) is 1.55. The molecule has 0 N–H and O–H groups in total. The van der Waals surface area contributed by atoms with Crippen molar-refractivity contribution in [3.63, 3.8) is 0 Å². The summed E-state index contributed by atoms with van der Waals surface area (Å²) in [6.45, 7) is 3.44. The van der Waals surface area contributed by atoms with Gasteiger partial charge in [-0.2, -0.15) is 0 Å². The maximum absolute atomic E-state index is 11.0. The van der Waals surface area contributed by atoms with E-state index < -0.39 is 4.92 Å². The number of rotatable bonds is 2. The lowest BCUT2D eigenvalue weighted by atomic mass is 10.1. The smallest absolute Gasteiger partial charge is 0.284 e. The molecule has 0 bridgehead atoms. The zero-order valence-electron chi connectivity index (χ0n) is 8.93. The van der Waals surface area contributed by atoms with Gasteiger partial charge in [-0.25, -0.2) is 4.98 Å². The van der Waals surface area contributed by atoms with Crippen LogP contribution in [0.1, 0.15) is 11.3 Å². The molecule has 16 heavy (non-hydrogen) atoms. The Morgan fingerprint density at radius 3 is 2.69 bits per heavy atom. The van der Waals surface area contributed by atoms with E-state index in [-0.39, 0.29) is 11.6 Å². The molecule has 0 saturated heterocycles. The Balaban J connectivity index is 2.65. The number of hydrogen-bond acceptors (Lipinski definition) is 4. The second-order valence-corrected chi connectivity index (χ2v) is 3.50. The van der Waals surface area contributed by atoms with E-state index in [1.54, 1.807) is 38.2 Å². The SMILES string of the molecule is Cc1cnc(-c2cccc(C)c2[N+](=O)[O-])o1. The number of benzene rings is 1. The summed E-state index contributed by atoms with van der Waals surface area (Å²) in [7, 11) is 0. The average molecular weight is 218 g/mol. The van der Waals surface area contributed by atoms with Crippen molar-refractivity contribution in [3.8, 4) is 11.5 Å². The standard InChI is InChI=1S/C11H10N2O3/c1-7-4-3-5-9(10(7)13(14)15)11-12-6-8(2)16-11/h3-6H,1-2H3. The second-order valence-electron chi connectivity index (χ2n) is 3.50. The van der Waals surface area contributed by atoms with Crippen LogP contribution < -0.4 is 0 Å². The van der Waals surface area contributed by atoms with Crippen LogP contribution in [0.15, 0.2) is 28.8 Å².